The number of halogens is 4. The lowest BCUT2D eigenvalue weighted by atomic mass is 10.1. The minimum atomic E-state index is -4.71. The second kappa shape index (κ2) is 7.67. The fraction of sp³-hybridized carbons (Fsp3) is 0.429. The quantitative estimate of drug-likeness (QED) is 0.771. The van der Waals surface area contributed by atoms with E-state index in [0.717, 1.165) is 0 Å². The maximum Gasteiger partial charge on any atom is 0.391 e. The van der Waals surface area contributed by atoms with Crippen LogP contribution in [-0.2, 0) is 4.79 Å². The molecule has 1 rings (SSSR count). The number of carbonyl (C=O) groups excluding carboxylic acids is 1. The third kappa shape index (κ3) is 6.47. The van der Waals surface area contributed by atoms with Crippen molar-refractivity contribution in [3.63, 3.8) is 0 Å². The molecule has 0 saturated heterocycles. The van der Waals surface area contributed by atoms with E-state index < -0.39 is 30.5 Å². The van der Waals surface area contributed by atoms with Gasteiger partial charge in [0.1, 0.15) is 11.8 Å². The Kier molecular flexibility index (Phi) is 6.43. The van der Waals surface area contributed by atoms with E-state index in [4.69, 9.17) is 9.84 Å². The van der Waals surface area contributed by atoms with Gasteiger partial charge in [-0.1, -0.05) is 15.9 Å². The highest BCUT2D eigenvalue weighted by atomic mass is 79.9. The van der Waals surface area contributed by atoms with E-state index in [2.05, 4.69) is 15.9 Å². The van der Waals surface area contributed by atoms with E-state index in [-0.39, 0.29) is 17.4 Å². The van der Waals surface area contributed by atoms with Gasteiger partial charge in [0.25, 0.3) is 5.91 Å². The first-order chi connectivity index (χ1) is 10.5. The van der Waals surface area contributed by atoms with Crippen molar-refractivity contribution in [2.24, 2.45) is 0 Å². The highest BCUT2D eigenvalue weighted by Crippen LogP contribution is 2.26. The molecule has 1 aromatic carbocycles. The van der Waals surface area contributed by atoms with E-state index in [1.807, 2.05) is 5.32 Å². The van der Waals surface area contributed by atoms with Gasteiger partial charge in [0.05, 0.1) is 18.1 Å². The summed E-state index contributed by atoms with van der Waals surface area (Å²) >= 11 is 3.19. The minimum Gasteiger partial charge on any atom is -0.490 e. The number of amides is 1. The zero-order valence-electron chi connectivity index (χ0n) is 12.3. The van der Waals surface area contributed by atoms with Crippen LogP contribution in [0.15, 0.2) is 22.7 Å². The van der Waals surface area contributed by atoms with Gasteiger partial charge in [-0.25, -0.2) is 4.79 Å². The van der Waals surface area contributed by atoms with Crippen LogP contribution in [0.5, 0.6) is 5.75 Å². The molecule has 2 N–H and O–H groups in total. The van der Waals surface area contributed by atoms with Crippen LogP contribution in [-0.4, -0.2) is 35.3 Å². The molecule has 9 heteroatoms. The molecule has 1 amide bonds. The summed E-state index contributed by atoms with van der Waals surface area (Å²) in [5, 5.41) is 10.7. The SMILES string of the molecule is CC(C)Oc1cc(Br)ccc1C(=O)NC(CC(F)(F)F)C(=O)O. The summed E-state index contributed by atoms with van der Waals surface area (Å²) in [6.45, 7) is 3.43. The molecule has 0 aromatic heterocycles. The number of aliphatic carboxylic acids is 1. The molecule has 0 aliphatic carbocycles. The lowest BCUT2D eigenvalue weighted by Gasteiger charge is -2.18. The molecular weight excluding hydrogens is 383 g/mol. The third-order valence-electron chi connectivity index (χ3n) is 2.59. The molecule has 0 fully saturated rings. The smallest absolute Gasteiger partial charge is 0.391 e. The number of carboxylic acid groups (broad SMARTS) is 1. The van der Waals surface area contributed by atoms with Crippen LogP contribution in [0.2, 0.25) is 0 Å². The summed E-state index contributed by atoms with van der Waals surface area (Å²) in [5.74, 6) is -2.58. The fourth-order valence-corrected chi connectivity index (χ4v) is 2.04. The predicted octanol–water partition coefficient (Wildman–Crippen LogP) is 3.37. The molecule has 0 saturated carbocycles. The highest BCUT2D eigenvalue weighted by molar-refractivity contribution is 9.10. The number of alkyl halides is 3. The first-order valence-corrected chi connectivity index (χ1v) is 7.35. The molecule has 0 aliphatic rings. The third-order valence-corrected chi connectivity index (χ3v) is 3.08. The summed E-state index contributed by atoms with van der Waals surface area (Å²) in [4.78, 5) is 23.0. The first-order valence-electron chi connectivity index (χ1n) is 6.56. The first kappa shape index (κ1) is 19.3. The second-order valence-electron chi connectivity index (χ2n) is 4.99. The van der Waals surface area contributed by atoms with Crippen LogP contribution in [0.25, 0.3) is 0 Å². The van der Waals surface area contributed by atoms with Crippen molar-refractivity contribution in [3.05, 3.63) is 28.2 Å². The van der Waals surface area contributed by atoms with E-state index in [1.165, 1.54) is 18.2 Å². The molecule has 128 valence electrons. The number of carboxylic acids is 1. The van der Waals surface area contributed by atoms with Gasteiger partial charge in [0, 0.05) is 4.47 Å². The second-order valence-corrected chi connectivity index (χ2v) is 5.91. The molecule has 0 radical (unpaired) electrons. The summed E-state index contributed by atoms with van der Waals surface area (Å²) in [5.41, 5.74) is -0.0460. The number of benzene rings is 1. The minimum absolute atomic E-state index is 0.0460. The Morgan fingerprint density at radius 3 is 2.43 bits per heavy atom. The molecule has 1 unspecified atom stereocenters. The van der Waals surface area contributed by atoms with Gasteiger partial charge < -0.3 is 15.2 Å². The number of nitrogens with one attached hydrogen (secondary N) is 1. The van der Waals surface area contributed by atoms with Crippen molar-refractivity contribution < 1.29 is 32.6 Å². The Morgan fingerprint density at radius 2 is 1.96 bits per heavy atom. The van der Waals surface area contributed by atoms with Crippen molar-refractivity contribution in [1.29, 1.82) is 0 Å². The molecule has 0 bridgehead atoms. The normalized spacial score (nSPS) is 12.8. The number of rotatable bonds is 6. The highest BCUT2D eigenvalue weighted by Gasteiger charge is 2.36. The van der Waals surface area contributed by atoms with Crippen molar-refractivity contribution >= 4 is 27.8 Å². The lowest BCUT2D eigenvalue weighted by molar-refractivity contribution is -0.157. The molecule has 1 atom stereocenters. The number of carbonyl (C=O) groups is 2. The molecule has 0 heterocycles. The average Bonchev–Trinajstić information content (AvgIpc) is 2.35. The van der Waals surface area contributed by atoms with Gasteiger partial charge in [0.15, 0.2) is 0 Å². The Hall–Kier alpha value is -1.77. The van der Waals surface area contributed by atoms with Crippen LogP contribution in [0.1, 0.15) is 30.6 Å². The summed E-state index contributed by atoms with van der Waals surface area (Å²) in [6.07, 6.45) is -6.65. The zero-order valence-corrected chi connectivity index (χ0v) is 13.9. The standard InChI is InChI=1S/C14H15BrF3NO4/c1-7(2)23-11-5-8(15)3-4-9(11)12(20)19-10(13(21)22)6-14(16,17)18/h3-5,7,10H,6H2,1-2H3,(H,19,20)(H,21,22). The number of hydrogen-bond acceptors (Lipinski definition) is 3. The van der Waals surface area contributed by atoms with Crippen LogP contribution >= 0.6 is 15.9 Å². The van der Waals surface area contributed by atoms with Crippen LogP contribution in [0.4, 0.5) is 13.2 Å². The number of ether oxygens (including phenoxy) is 1. The predicted molar refractivity (Wildman–Crippen MR) is 79.5 cm³/mol. The van der Waals surface area contributed by atoms with Crippen LogP contribution < -0.4 is 10.1 Å². The molecule has 5 nitrogen and oxygen atoms in total. The topological polar surface area (TPSA) is 75.6 Å². The van der Waals surface area contributed by atoms with Gasteiger partial charge in [-0.3, -0.25) is 4.79 Å². The molecule has 0 aliphatic heterocycles. The van der Waals surface area contributed by atoms with Gasteiger partial charge >= 0.3 is 12.1 Å². The largest absolute Gasteiger partial charge is 0.490 e. The fourth-order valence-electron chi connectivity index (χ4n) is 1.70. The van der Waals surface area contributed by atoms with E-state index in [9.17, 15) is 22.8 Å². The summed E-state index contributed by atoms with van der Waals surface area (Å²) in [7, 11) is 0. The van der Waals surface area contributed by atoms with Gasteiger partial charge in [-0.05, 0) is 32.0 Å². The van der Waals surface area contributed by atoms with Crippen molar-refractivity contribution in [3.8, 4) is 5.75 Å². The Labute approximate surface area is 138 Å². The Morgan fingerprint density at radius 1 is 1.35 bits per heavy atom. The maximum absolute atomic E-state index is 12.4. The van der Waals surface area contributed by atoms with Crippen LogP contribution in [0.3, 0.4) is 0 Å². The van der Waals surface area contributed by atoms with E-state index >= 15 is 0 Å². The molecule has 0 spiro atoms. The molecular formula is C14H15BrF3NO4. The van der Waals surface area contributed by atoms with Crippen molar-refractivity contribution in [1.82, 2.24) is 5.32 Å². The molecule has 1 aromatic rings. The summed E-state index contributed by atoms with van der Waals surface area (Å²) < 4.78 is 43.2. The summed E-state index contributed by atoms with van der Waals surface area (Å²) in [6, 6.07) is 2.25. The number of hydrogen-bond donors (Lipinski definition) is 2. The van der Waals surface area contributed by atoms with Crippen LogP contribution in [0, 0.1) is 0 Å². The van der Waals surface area contributed by atoms with Crippen molar-refractivity contribution in [2.75, 3.05) is 0 Å². The van der Waals surface area contributed by atoms with E-state index in [0.29, 0.717) is 4.47 Å². The lowest BCUT2D eigenvalue weighted by Crippen LogP contribution is -2.43. The Bertz CT molecular complexity index is 590. The monoisotopic (exact) mass is 397 g/mol. The van der Waals surface area contributed by atoms with Crippen molar-refractivity contribution in [2.45, 2.75) is 38.6 Å². The van der Waals surface area contributed by atoms with E-state index in [1.54, 1.807) is 13.8 Å². The molecule has 23 heavy (non-hydrogen) atoms. The van der Waals surface area contributed by atoms with Gasteiger partial charge in [0.2, 0.25) is 0 Å². The van der Waals surface area contributed by atoms with Gasteiger partial charge in [-0.15, -0.1) is 0 Å². The maximum atomic E-state index is 12.4. The Balaban J connectivity index is 3.01. The van der Waals surface area contributed by atoms with Gasteiger partial charge in [-0.2, -0.15) is 13.2 Å². The average molecular weight is 398 g/mol. The zero-order chi connectivity index (χ0) is 17.8.